The molecule has 96 valence electrons. The highest BCUT2D eigenvalue weighted by Gasteiger charge is 2.30. The minimum Gasteiger partial charge on any atom is -0.441 e. The van der Waals surface area contributed by atoms with Gasteiger partial charge < -0.3 is 14.9 Å². The summed E-state index contributed by atoms with van der Waals surface area (Å²) in [5.74, 6) is 0.745. The first-order valence-electron chi connectivity index (χ1n) is 6.20. The number of nitrogen functional groups attached to an aromatic ring is 1. The SMILES string of the molecule is Cc1nc2oc(C)c(N)c2c2c1COC(C)(C)C2. The van der Waals surface area contributed by atoms with Crippen LogP contribution in [0.4, 0.5) is 5.69 Å². The fourth-order valence-electron chi connectivity index (χ4n) is 2.63. The van der Waals surface area contributed by atoms with Crippen molar-refractivity contribution in [1.29, 1.82) is 0 Å². The largest absolute Gasteiger partial charge is 0.441 e. The van der Waals surface area contributed by atoms with Crippen molar-refractivity contribution >= 4 is 16.8 Å². The van der Waals surface area contributed by atoms with E-state index in [9.17, 15) is 0 Å². The third-order valence-corrected chi connectivity index (χ3v) is 3.69. The van der Waals surface area contributed by atoms with E-state index in [2.05, 4.69) is 18.8 Å². The van der Waals surface area contributed by atoms with Crippen LogP contribution in [0.5, 0.6) is 0 Å². The molecule has 2 N–H and O–H groups in total. The van der Waals surface area contributed by atoms with Crippen LogP contribution in [0.1, 0.15) is 36.4 Å². The average molecular weight is 246 g/mol. The summed E-state index contributed by atoms with van der Waals surface area (Å²) >= 11 is 0. The Morgan fingerprint density at radius 2 is 1.94 bits per heavy atom. The summed E-state index contributed by atoms with van der Waals surface area (Å²) in [4.78, 5) is 4.49. The number of anilines is 1. The zero-order valence-electron chi connectivity index (χ0n) is 11.3. The molecule has 2 aromatic rings. The monoisotopic (exact) mass is 246 g/mol. The summed E-state index contributed by atoms with van der Waals surface area (Å²) in [5.41, 5.74) is 10.7. The summed E-state index contributed by atoms with van der Waals surface area (Å²) in [6, 6.07) is 0. The van der Waals surface area contributed by atoms with Crippen LogP contribution in [-0.4, -0.2) is 10.6 Å². The van der Waals surface area contributed by atoms with Gasteiger partial charge in [-0.2, -0.15) is 0 Å². The van der Waals surface area contributed by atoms with Gasteiger partial charge >= 0.3 is 0 Å². The molecule has 0 bridgehead atoms. The summed E-state index contributed by atoms with van der Waals surface area (Å²) in [6.07, 6.45) is 0.839. The zero-order chi connectivity index (χ0) is 13.1. The van der Waals surface area contributed by atoms with Gasteiger partial charge in [0.1, 0.15) is 5.76 Å². The second-order valence-corrected chi connectivity index (χ2v) is 5.63. The maximum atomic E-state index is 6.13. The van der Waals surface area contributed by atoms with Gasteiger partial charge in [-0.05, 0) is 33.3 Å². The van der Waals surface area contributed by atoms with Crippen LogP contribution in [0, 0.1) is 13.8 Å². The van der Waals surface area contributed by atoms with E-state index in [1.54, 1.807) is 0 Å². The molecule has 4 heteroatoms. The molecule has 0 fully saturated rings. The fraction of sp³-hybridized carbons (Fsp3) is 0.500. The molecule has 0 saturated heterocycles. The van der Waals surface area contributed by atoms with Crippen LogP contribution in [0.2, 0.25) is 0 Å². The van der Waals surface area contributed by atoms with Crippen molar-refractivity contribution in [3.8, 4) is 0 Å². The third kappa shape index (κ3) is 1.52. The van der Waals surface area contributed by atoms with Crippen LogP contribution < -0.4 is 5.73 Å². The lowest BCUT2D eigenvalue weighted by Crippen LogP contribution is -2.32. The quantitative estimate of drug-likeness (QED) is 0.776. The predicted molar refractivity (Wildman–Crippen MR) is 70.5 cm³/mol. The van der Waals surface area contributed by atoms with Crippen molar-refractivity contribution in [2.75, 3.05) is 5.73 Å². The Hall–Kier alpha value is -1.55. The molecule has 0 saturated carbocycles. The van der Waals surface area contributed by atoms with E-state index in [4.69, 9.17) is 14.9 Å². The molecule has 0 radical (unpaired) electrons. The second kappa shape index (κ2) is 3.48. The van der Waals surface area contributed by atoms with E-state index in [0.717, 1.165) is 28.8 Å². The molecule has 3 heterocycles. The third-order valence-electron chi connectivity index (χ3n) is 3.69. The second-order valence-electron chi connectivity index (χ2n) is 5.63. The molecule has 18 heavy (non-hydrogen) atoms. The van der Waals surface area contributed by atoms with Gasteiger partial charge in [-0.1, -0.05) is 0 Å². The van der Waals surface area contributed by atoms with E-state index in [-0.39, 0.29) is 5.60 Å². The fourth-order valence-corrected chi connectivity index (χ4v) is 2.63. The average Bonchev–Trinajstić information content (AvgIpc) is 2.53. The number of pyridine rings is 1. The van der Waals surface area contributed by atoms with E-state index < -0.39 is 0 Å². The maximum absolute atomic E-state index is 6.13. The smallest absolute Gasteiger partial charge is 0.228 e. The molecule has 0 amide bonds. The molecule has 2 aromatic heterocycles. The number of ether oxygens (including phenoxy) is 1. The standard InChI is InChI=1S/C14H18N2O2/c1-7-10-6-17-14(3,4)5-9(10)11-12(15)8(2)18-13(11)16-7/h5-6,15H2,1-4H3. The minimum atomic E-state index is -0.161. The van der Waals surface area contributed by atoms with Crippen molar-refractivity contribution in [2.45, 2.75) is 46.3 Å². The van der Waals surface area contributed by atoms with E-state index in [1.807, 2.05) is 13.8 Å². The van der Waals surface area contributed by atoms with Crippen molar-refractivity contribution in [2.24, 2.45) is 0 Å². The van der Waals surface area contributed by atoms with Crippen LogP contribution in [-0.2, 0) is 17.8 Å². The van der Waals surface area contributed by atoms with Gasteiger partial charge in [0.25, 0.3) is 0 Å². The Bertz CT molecular complexity index is 641. The topological polar surface area (TPSA) is 61.3 Å². The van der Waals surface area contributed by atoms with Crippen molar-refractivity contribution < 1.29 is 9.15 Å². The van der Waals surface area contributed by atoms with Crippen LogP contribution >= 0.6 is 0 Å². The van der Waals surface area contributed by atoms with E-state index >= 15 is 0 Å². The Kier molecular flexibility index (Phi) is 2.23. The number of aryl methyl sites for hydroxylation is 2. The highest BCUT2D eigenvalue weighted by atomic mass is 16.5. The Labute approximate surface area is 106 Å². The minimum absolute atomic E-state index is 0.161. The molecule has 4 nitrogen and oxygen atoms in total. The molecular weight excluding hydrogens is 228 g/mol. The summed E-state index contributed by atoms with van der Waals surface area (Å²) in [6.45, 7) is 8.67. The number of fused-ring (bicyclic) bond motifs is 3. The highest BCUT2D eigenvalue weighted by Crippen LogP contribution is 2.38. The van der Waals surface area contributed by atoms with Gasteiger partial charge in [-0.15, -0.1) is 0 Å². The Morgan fingerprint density at radius 1 is 1.22 bits per heavy atom. The van der Waals surface area contributed by atoms with Gasteiger partial charge in [-0.3, -0.25) is 0 Å². The summed E-state index contributed by atoms with van der Waals surface area (Å²) in [5, 5.41) is 0.976. The zero-order valence-corrected chi connectivity index (χ0v) is 11.3. The highest BCUT2D eigenvalue weighted by molar-refractivity contribution is 5.93. The number of nitrogens with two attached hydrogens (primary N) is 1. The summed E-state index contributed by atoms with van der Waals surface area (Å²) < 4.78 is 11.5. The number of hydrogen-bond donors (Lipinski definition) is 1. The molecular formula is C14H18N2O2. The predicted octanol–water partition coefficient (Wildman–Crippen LogP) is 2.88. The lowest BCUT2D eigenvalue weighted by molar-refractivity contribution is -0.0400. The number of furan rings is 1. The van der Waals surface area contributed by atoms with E-state index in [0.29, 0.717) is 18.0 Å². The lowest BCUT2D eigenvalue weighted by Gasteiger charge is -2.32. The van der Waals surface area contributed by atoms with E-state index in [1.165, 1.54) is 5.56 Å². The molecule has 0 unspecified atom stereocenters. The first-order chi connectivity index (χ1) is 8.39. The first kappa shape index (κ1) is 11.5. The normalized spacial score (nSPS) is 18.0. The lowest BCUT2D eigenvalue weighted by atomic mass is 9.89. The van der Waals surface area contributed by atoms with Gasteiger partial charge in [0.05, 0.1) is 23.3 Å². The van der Waals surface area contributed by atoms with Gasteiger partial charge in [0, 0.05) is 17.7 Å². The maximum Gasteiger partial charge on any atom is 0.228 e. The van der Waals surface area contributed by atoms with Crippen LogP contribution in [0.15, 0.2) is 4.42 Å². The molecule has 1 aliphatic heterocycles. The number of hydrogen-bond acceptors (Lipinski definition) is 4. The van der Waals surface area contributed by atoms with Crippen molar-refractivity contribution in [3.63, 3.8) is 0 Å². The Morgan fingerprint density at radius 3 is 2.67 bits per heavy atom. The molecule has 1 aliphatic rings. The number of rotatable bonds is 0. The first-order valence-corrected chi connectivity index (χ1v) is 6.20. The molecule has 0 atom stereocenters. The molecule has 3 rings (SSSR count). The number of aromatic nitrogens is 1. The van der Waals surface area contributed by atoms with Gasteiger partial charge in [0.2, 0.25) is 5.71 Å². The molecule has 0 aromatic carbocycles. The van der Waals surface area contributed by atoms with Crippen LogP contribution in [0.25, 0.3) is 11.1 Å². The number of nitrogens with zero attached hydrogens (tertiary/aromatic N) is 1. The summed E-state index contributed by atoms with van der Waals surface area (Å²) in [7, 11) is 0. The van der Waals surface area contributed by atoms with Gasteiger partial charge in [-0.25, -0.2) is 4.98 Å². The molecule has 0 aliphatic carbocycles. The van der Waals surface area contributed by atoms with Gasteiger partial charge in [0.15, 0.2) is 0 Å². The van der Waals surface area contributed by atoms with Crippen molar-refractivity contribution in [3.05, 3.63) is 22.6 Å². The van der Waals surface area contributed by atoms with Crippen molar-refractivity contribution in [1.82, 2.24) is 4.98 Å². The Balaban J connectivity index is 2.36. The van der Waals surface area contributed by atoms with Crippen LogP contribution in [0.3, 0.4) is 0 Å². The molecule has 0 spiro atoms.